The van der Waals surface area contributed by atoms with Gasteiger partial charge < -0.3 is 10.2 Å². The molecule has 0 atom stereocenters. The number of benzene rings is 1. The Balaban J connectivity index is 1.50. The summed E-state index contributed by atoms with van der Waals surface area (Å²) in [5.41, 5.74) is 0.930. The Morgan fingerprint density at radius 3 is 2.67 bits per heavy atom. The number of thiazole rings is 1. The molecule has 1 N–H and O–H groups in total. The van der Waals surface area contributed by atoms with Crippen molar-refractivity contribution in [3.05, 3.63) is 24.3 Å². The van der Waals surface area contributed by atoms with Crippen LogP contribution in [0.5, 0.6) is 0 Å². The fraction of sp³-hybridized carbons (Fsp3) is 0.471. The molecule has 0 bridgehead atoms. The first-order valence-electron chi connectivity index (χ1n) is 8.57. The number of carbonyl (C=O) groups excluding carboxylic acids is 2. The van der Waals surface area contributed by atoms with Crippen molar-refractivity contribution in [3.63, 3.8) is 0 Å². The highest BCUT2D eigenvalue weighted by Crippen LogP contribution is 2.29. The van der Waals surface area contributed by atoms with E-state index in [9.17, 15) is 18.0 Å². The molecule has 1 aliphatic rings. The van der Waals surface area contributed by atoms with Crippen molar-refractivity contribution in [1.82, 2.24) is 15.2 Å². The fourth-order valence-electron chi connectivity index (χ4n) is 2.96. The minimum absolute atomic E-state index is 0.0126. The van der Waals surface area contributed by atoms with Crippen molar-refractivity contribution in [2.75, 3.05) is 31.6 Å². The summed E-state index contributed by atoms with van der Waals surface area (Å²) >= 11 is 2.97. The number of rotatable bonds is 6. The number of nitrogens with zero attached hydrogens (tertiary/aromatic N) is 2. The highest BCUT2D eigenvalue weighted by molar-refractivity contribution is 8.01. The molecular formula is C17H21N3O4S3. The van der Waals surface area contributed by atoms with Gasteiger partial charge in [-0.05, 0) is 25.0 Å². The maximum Gasteiger partial charge on any atom is 0.234 e. The average Bonchev–Trinajstić information content (AvgIpc) is 3.08. The molecule has 3 rings (SSSR count). The van der Waals surface area contributed by atoms with Crippen LogP contribution in [-0.4, -0.2) is 67.0 Å². The van der Waals surface area contributed by atoms with Gasteiger partial charge in [-0.2, -0.15) is 0 Å². The highest BCUT2D eigenvalue weighted by Gasteiger charge is 2.32. The molecule has 0 aliphatic carbocycles. The van der Waals surface area contributed by atoms with Gasteiger partial charge in [0.1, 0.15) is 5.75 Å². The summed E-state index contributed by atoms with van der Waals surface area (Å²) in [6, 6.07) is 7.84. The largest absolute Gasteiger partial charge is 0.358 e. The Morgan fingerprint density at radius 1 is 1.30 bits per heavy atom. The molecule has 1 aromatic carbocycles. The maximum absolute atomic E-state index is 12.4. The number of thioether (sulfide) groups is 1. The Bertz CT molecular complexity index is 901. The van der Waals surface area contributed by atoms with Crippen LogP contribution in [0.1, 0.15) is 12.8 Å². The SMILES string of the molecule is CNC(=O)CS(=O)(=O)C1CCN(C(=O)CSc2nc3ccccc3s2)CC1. The van der Waals surface area contributed by atoms with Crippen LogP contribution in [0.15, 0.2) is 28.6 Å². The summed E-state index contributed by atoms with van der Waals surface area (Å²) in [6.45, 7) is 0.799. The van der Waals surface area contributed by atoms with E-state index in [1.807, 2.05) is 24.3 Å². The summed E-state index contributed by atoms with van der Waals surface area (Å²) in [5.74, 6) is -0.715. The predicted molar refractivity (Wildman–Crippen MR) is 108 cm³/mol. The molecule has 1 fully saturated rings. The van der Waals surface area contributed by atoms with Gasteiger partial charge in [0.25, 0.3) is 0 Å². The average molecular weight is 428 g/mol. The van der Waals surface area contributed by atoms with E-state index in [1.165, 1.54) is 18.8 Å². The maximum atomic E-state index is 12.4. The van der Waals surface area contributed by atoms with Crippen LogP contribution in [0.3, 0.4) is 0 Å². The smallest absolute Gasteiger partial charge is 0.234 e. The second-order valence-electron chi connectivity index (χ2n) is 6.30. The second-order valence-corrected chi connectivity index (χ2v) is 10.8. The molecule has 10 heteroatoms. The lowest BCUT2D eigenvalue weighted by Gasteiger charge is -2.31. The summed E-state index contributed by atoms with van der Waals surface area (Å²) in [6.07, 6.45) is 0.744. The zero-order chi connectivity index (χ0) is 19.4. The first kappa shape index (κ1) is 20.1. The number of amides is 2. The number of likely N-dealkylation sites (tertiary alicyclic amines) is 1. The number of hydrogen-bond acceptors (Lipinski definition) is 7. The third-order valence-electron chi connectivity index (χ3n) is 4.51. The summed E-state index contributed by atoms with van der Waals surface area (Å²) < 4.78 is 26.5. The zero-order valence-corrected chi connectivity index (χ0v) is 17.3. The van der Waals surface area contributed by atoms with E-state index in [1.54, 1.807) is 16.2 Å². The van der Waals surface area contributed by atoms with E-state index in [2.05, 4.69) is 10.3 Å². The first-order valence-corrected chi connectivity index (χ1v) is 12.1. The minimum Gasteiger partial charge on any atom is -0.358 e. The minimum atomic E-state index is -3.48. The van der Waals surface area contributed by atoms with Gasteiger partial charge >= 0.3 is 0 Å². The predicted octanol–water partition coefficient (Wildman–Crippen LogP) is 1.54. The van der Waals surface area contributed by atoms with E-state index >= 15 is 0 Å². The number of aromatic nitrogens is 1. The molecule has 1 saturated heterocycles. The second kappa shape index (κ2) is 8.57. The van der Waals surface area contributed by atoms with E-state index in [-0.39, 0.29) is 11.7 Å². The molecule has 2 heterocycles. The number of fused-ring (bicyclic) bond motifs is 1. The molecule has 2 aromatic rings. The molecule has 1 aliphatic heterocycles. The van der Waals surface area contributed by atoms with Gasteiger partial charge in [-0.3, -0.25) is 9.59 Å². The normalized spacial score (nSPS) is 15.8. The zero-order valence-electron chi connectivity index (χ0n) is 14.9. The van der Waals surface area contributed by atoms with Crippen molar-refractivity contribution >= 4 is 55.0 Å². The highest BCUT2D eigenvalue weighted by atomic mass is 32.2. The van der Waals surface area contributed by atoms with Crippen molar-refractivity contribution < 1.29 is 18.0 Å². The summed E-state index contributed by atoms with van der Waals surface area (Å²) in [7, 11) is -2.06. The van der Waals surface area contributed by atoms with Crippen molar-refractivity contribution in [2.45, 2.75) is 22.4 Å². The van der Waals surface area contributed by atoms with Crippen LogP contribution in [0, 0.1) is 0 Å². The van der Waals surface area contributed by atoms with Gasteiger partial charge in [0.15, 0.2) is 14.2 Å². The van der Waals surface area contributed by atoms with Gasteiger partial charge in [0, 0.05) is 20.1 Å². The van der Waals surface area contributed by atoms with E-state index in [0.29, 0.717) is 25.9 Å². The Labute approximate surface area is 166 Å². The number of piperidine rings is 1. The molecule has 0 radical (unpaired) electrons. The van der Waals surface area contributed by atoms with E-state index in [4.69, 9.17) is 0 Å². The van der Waals surface area contributed by atoms with Gasteiger partial charge in [0.05, 0.1) is 21.2 Å². The van der Waals surface area contributed by atoms with Crippen LogP contribution >= 0.6 is 23.1 Å². The molecule has 146 valence electrons. The third kappa shape index (κ3) is 4.99. The number of sulfone groups is 1. The van der Waals surface area contributed by atoms with Crippen molar-refractivity contribution in [3.8, 4) is 0 Å². The number of para-hydroxylation sites is 1. The van der Waals surface area contributed by atoms with Gasteiger partial charge in [0.2, 0.25) is 11.8 Å². The van der Waals surface area contributed by atoms with Crippen LogP contribution < -0.4 is 5.32 Å². The summed E-state index contributed by atoms with van der Waals surface area (Å²) in [4.78, 5) is 30.0. The Kier molecular flexibility index (Phi) is 6.38. The molecule has 7 nitrogen and oxygen atoms in total. The number of carbonyl (C=O) groups is 2. The Morgan fingerprint density at radius 2 is 2.00 bits per heavy atom. The van der Waals surface area contributed by atoms with Crippen LogP contribution in [0.2, 0.25) is 0 Å². The number of nitrogens with one attached hydrogen (secondary N) is 1. The van der Waals surface area contributed by atoms with Crippen molar-refractivity contribution in [1.29, 1.82) is 0 Å². The molecule has 0 spiro atoms. The van der Waals surface area contributed by atoms with Crippen LogP contribution in [-0.2, 0) is 19.4 Å². The lowest BCUT2D eigenvalue weighted by atomic mass is 10.1. The van der Waals surface area contributed by atoms with Crippen LogP contribution in [0.4, 0.5) is 0 Å². The van der Waals surface area contributed by atoms with Gasteiger partial charge in [-0.25, -0.2) is 13.4 Å². The monoisotopic (exact) mass is 427 g/mol. The molecule has 27 heavy (non-hydrogen) atoms. The molecule has 1 aromatic heterocycles. The number of hydrogen-bond donors (Lipinski definition) is 1. The molecule has 2 amide bonds. The molecule has 0 unspecified atom stereocenters. The van der Waals surface area contributed by atoms with Gasteiger partial charge in [-0.15, -0.1) is 11.3 Å². The third-order valence-corrected chi connectivity index (χ3v) is 8.82. The molecular weight excluding hydrogens is 406 g/mol. The Hall–Kier alpha value is -1.65. The van der Waals surface area contributed by atoms with Gasteiger partial charge in [-0.1, -0.05) is 23.9 Å². The lowest BCUT2D eigenvalue weighted by molar-refractivity contribution is -0.129. The topological polar surface area (TPSA) is 96.4 Å². The fourth-order valence-corrected chi connectivity index (χ4v) is 6.61. The lowest BCUT2D eigenvalue weighted by Crippen LogP contribution is -2.44. The van der Waals surface area contributed by atoms with Crippen LogP contribution in [0.25, 0.3) is 10.2 Å². The first-order chi connectivity index (χ1) is 12.9. The van der Waals surface area contributed by atoms with E-state index in [0.717, 1.165) is 14.6 Å². The summed E-state index contributed by atoms with van der Waals surface area (Å²) in [5, 5.41) is 1.78. The van der Waals surface area contributed by atoms with Crippen molar-refractivity contribution in [2.24, 2.45) is 0 Å². The standard InChI is InChI=1S/C17H21N3O4S3/c1-18-15(21)11-27(23,24)12-6-8-20(9-7-12)16(22)10-25-17-19-13-4-2-3-5-14(13)26-17/h2-5,12H,6-11H2,1H3,(H,18,21). The molecule has 0 saturated carbocycles. The van der Waals surface area contributed by atoms with E-state index < -0.39 is 26.7 Å². The quantitative estimate of drug-likeness (QED) is 0.703.